The van der Waals surface area contributed by atoms with Crippen LogP contribution in [0.25, 0.3) is 0 Å². The van der Waals surface area contributed by atoms with Crippen LogP contribution < -0.4 is 10.1 Å². The van der Waals surface area contributed by atoms with Crippen molar-refractivity contribution in [2.24, 2.45) is 5.92 Å². The molecule has 0 spiro atoms. The first-order valence-corrected chi connectivity index (χ1v) is 12.0. The number of hydrogen-bond donors (Lipinski definition) is 3. The number of ether oxygens (including phenoxy) is 1. The predicted octanol–water partition coefficient (Wildman–Crippen LogP) is 6.97. The number of amides is 1. The summed E-state index contributed by atoms with van der Waals surface area (Å²) in [4.78, 5) is 24.5. The van der Waals surface area contributed by atoms with Gasteiger partial charge < -0.3 is 20.3 Å². The standard InChI is InChI=1S/C28H24F5NO5/c1-13-9-16(29)5-8-23(13)39-24-12-18(15-3-4-15)21(28(31,32)33)11-20(24)26(36)34-17-6-7-22(30)19(10-17)25(35)14(2)27(37)38/h5-12,14-15,25,35H,3-4H2,1-2H3,(H,34,36)(H,37,38). The number of nitrogens with one attached hydrogen (secondary N) is 1. The molecule has 11 heteroatoms. The Morgan fingerprint density at radius 2 is 1.72 bits per heavy atom. The molecule has 1 fully saturated rings. The summed E-state index contributed by atoms with van der Waals surface area (Å²) in [5, 5.41) is 21.8. The predicted molar refractivity (Wildman–Crippen MR) is 131 cm³/mol. The fraction of sp³-hybridized carbons (Fsp3) is 0.286. The van der Waals surface area contributed by atoms with Gasteiger partial charge in [0.25, 0.3) is 5.91 Å². The summed E-state index contributed by atoms with van der Waals surface area (Å²) in [6.07, 6.45) is -5.44. The maximum absolute atomic E-state index is 14.3. The fourth-order valence-corrected chi connectivity index (χ4v) is 4.13. The molecule has 0 aromatic heterocycles. The fourth-order valence-electron chi connectivity index (χ4n) is 4.13. The van der Waals surface area contributed by atoms with Crippen molar-refractivity contribution >= 4 is 17.6 Å². The second-order valence-electron chi connectivity index (χ2n) is 9.48. The topological polar surface area (TPSA) is 95.9 Å². The third-order valence-corrected chi connectivity index (χ3v) is 6.51. The zero-order chi connectivity index (χ0) is 28.6. The molecule has 6 nitrogen and oxygen atoms in total. The van der Waals surface area contributed by atoms with Crippen molar-refractivity contribution in [2.75, 3.05) is 5.32 Å². The second kappa shape index (κ2) is 10.6. The average Bonchev–Trinajstić information content (AvgIpc) is 3.70. The highest BCUT2D eigenvalue weighted by atomic mass is 19.4. The van der Waals surface area contributed by atoms with Crippen LogP contribution in [0.2, 0.25) is 0 Å². The van der Waals surface area contributed by atoms with Gasteiger partial charge in [-0.05, 0) is 92.3 Å². The smallest absolute Gasteiger partial charge is 0.416 e. The van der Waals surface area contributed by atoms with Crippen molar-refractivity contribution in [1.29, 1.82) is 0 Å². The molecule has 4 rings (SSSR count). The summed E-state index contributed by atoms with van der Waals surface area (Å²) in [6.45, 7) is 2.70. The minimum atomic E-state index is -4.77. The molecule has 0 saturated heterocycles. The van der Waals surface area contributed by atoms with E-state index in [1.54, 1.807) is 0 Å². The maximum atomic E-state index is 14.3. The van der Waals surface area contributed by atoms with Crippen LogP contribution in [-0.4, -0.2) is 22.1 Å². The molecular weight excluding hydrogens is 525 g/mol. The molecule has 3 N–H and O–H groups in total. The van der Waals surface area contributed by atoms with Gasteiger partial charge in [-0.2, -0.15) is 13.2 Å². The summed E-state index contributed by atoms with van der Waals surface area (Å²) >= 11 is 0. The van der Waals surface area contributed by atoms with E-state index in [4.69, 9.17) is 9.84 Å². The number of anilines is 1. The van der Waals surface area contributed by atoms with Crippen LogP contribution in [0.15, 0.2) is 48.5 Å². The minimum Gasteiger partial charge on any atom is -0.481 e. The Morgan fingerprint density at radius 1 is 1.03 bits per heavy atom. The molecular formula is C28H24F5NO5. The van der Waals surface area contributed by atoms with E-state index >= 15 is 0 Å². The first-order chi connectivity index (χ1) is 18.3. The van der Waals surface area contributed by atoms with Crippen LogP contribution in [0, 0.1) is 24.5 Å². The Morgan fingerprint density at radius 3 is 2.31 bits per heavy atom. The summed E-state index contributed by atoms with van der Waals surface area (Å²) < 4.78 is 75.7. The molecule has 1 aliphatic carbocycles. The number of carboxylic acids is 1. The summed E-state index contributed by atoms with van der Waals surface area (Å²) in [5.41, 5.74) is -1.68. The van der Waals surface area contributed by atoms with Crippen LogP contribution in [0.5, 0.6) is 11.5 Å². The van der Waals surface area contributed by atoms with Gasteiger partial charge in [-0.25, -0.2) is 8.78 Å². The van der Waals surface area contributed by atoms with Gasteiger partial charge in [0.2, 0.25) is 0 Å². The number of aliphatic carboxylic acids is 1. The monoisotopic (exact) mass is 549 g/mol. The van der Waals surface area contributed by atoms with Crippen LogP contribution in [0.1, 0.15) is 64.4 Å². The molecule has 3 aromatic carbocycles. The van der Waals surface area contributed by atoms with E-state index in [0.717, 1.165) is 30.3 Å². The summed E-state index contributed by atoms with van der Waals surface area (Å²) in [5.74, 6) is -5.70. The zero-order valence-electron chi connectivity index (χ0n) is 20.8. The average molecular weight is 549 g/mol. The number of aliphatic hydroxyl groups excluding tert-OH is 1. The first-order valence-electron chi connectivity index (χ1n) is 12.0. The van der Waals surface area contributed by atoms with Crippen LogP contribution in [0.3, 0.4) is 0 Å². The van der Waals surface area contributed by atoms with E-state index in [1.165, 1.54) is 26.0 Å². The van der Waals surface area contributed by atoms with Gasteiger partial charge in [0.1, 0.15) is 23.1 Å². The van der Waals surface area contributed by atoms with Crippen molar-refractivity contribution in [3.05, 3.63) is 88.0 Å². The number of hydrogen-bond acceptors (Lipinski definition) is 4. The lowest BCUT2D eigenvalue weighted by atomic mass is 9.96. The number of carboxylic acid groups (broad SMARTS) is 1. The Hall–Kier alpha value is -3.99. The molecule has 3 aromatic rings. The minimum absolute atomic E-state index is 0.0244. The lowest BCUT2D eigenvalue weighted by Gasteiger charge is -2.20. The Balaban J connectivity index is 1.76. The van der Waals surface area contributed by atoms with Gasteiger partial charge >= 0.3 is 12.1 Å². The highest BCUT2D eigenvalue weighted by Gasteiger charge is 2.40. The number of aliphatic hydroxyl groups is 1. The molecule has 0 aliphatic heterocycles. The highest BCUT2D eigenvalue weighted by Crippen LogP contribution is 2.48. The number of carbonyl (C=O) groups excluding carboxylic acids is 1. The Bertz CT molecular complexity index is 1430. The molecule has 206 valence electrons. The lowest BCUT2D eigenvalue weighted by Crippen LogP contribution is -2.20. The van der Waals surface area contributed by atoms with E-state index in [0.29, 0.717) is 24.5 Å². The van der Waals surface area contributed by atoms with E-state index < -0.39 is 58.4 Å². The third kappa shape index (κ3) is 6.19. The number of alkyl halides is 3. The van der Waals surface area contributed by atoms with E-state index in [2.05, 4.69) is 5.32 Å². The number of carbonyl (C=O) groups is 2. The third-order valence-electron chi connectivity index (χ3n) is 6.51. The molecule has 1 aliphatic rings. The number of rotatable bonds is 8. The maximum Gasteiger partial charge on any atom is 0.416 e. The molecule has 1 amide bonds. The van der Waals surface area contributed by atoms with Crippen LogP contribution in [-0.2, 0) is 11.0 Å². The molecule has 0 radical (unpaired) electrons. The van der Waals surface area contributed by atoms with E-state index in [-0.39, 0.29) is 28.7 Å². The summed E-state index contributed by atoms with van der Waals surface area (Å²) in [6, 6.07) is 8.42. The SMILES string of the molecule is Cc1cc(F)ccc1Oc1cc(C2CC2)c(C(F)(F)F)cc1C(=O)Nc1ccc(F)c(C(O)C(C)C(=O)O)c1. The highest BCUT2D eigenvalue weighted by molar-refractivity contribution is 6.06. The molecule has 0 bridgehead atoms. The van der Waals surface area contributed by atoms with Gasteiger partial charge in [-0.1, -0.05) is 0 Å². The van der Waals surface area contributed by atoms with E-state index in [9.17, 15) is 36.6 Å². The van der Waals surface area contributed by atoms with Crippen molar-refractivity contribution in [2.45, 2.75) is 44.9 Å². The quantitative estimate of drug-likeness (QED) is 0.264. The second-order valence-corrected chi connectivity index (χ2v) is 9.48. The first kappa shape index (κ1) is 28.0. The van der Waals surface area contributed by atoms with Gasteiger partial charge in [0, 0.05) is 11.3 Å². The largest absolute Gasteiger partial charge is 0.481 e. The van der Waals surface area contributed by atoms with Gasteiger partial charge in [-0.3, -0.25) is 9.59 Å². The molecule has 1 saturated carbocycles. The van der Waals surface area contributed by atoms with E-state index in [1.807, 2.05) is 0 Å². The van der Waals surface area contributed by atoms with Crippen molar-refractivity contribution < 1.29 is 46.5 Å². The molecule has 0 heterocycles. The zero-order valence-corrected chi connectivity index (χ0v) is 20.8. The Kier molecular flexibility index (Phi) is 7.65. The number of halogens is 5. The van der Waals surface area contributed by atoms with Crippen LogP contribution >= 0.6 is 0 Å². The van der Waals surface area contributed by atoms with Crippen molar-refractivity contribution in [3.8, 4) is 11.5 Å². The number of benzene rings is 3. The lowest BCUT2D eigenvalue weighted by molar-refractivity contribution is -0.145. The summed E-state index contributed by atoms with van der Waals surface area (Å²) in [7, 11) is 0. The van der Waals surface area contributed by atoms with Gasteiger partial charge in [0.05, 0.1) is 23.1 Å². The van der Waals surface area contributed by atoms with Gasteiger partial charge in [0.15, 0.2) is 0 Å². The van der Waals surface area contributed by atoms with Crippen LogP contribution in [0.4, 0.5) is 27.6 Å². The van der Waals surface area contributed by atoms with Gasteiger partial charge in [-0.15, -0.1) is 0 Å². The van der Waals surface area contributed by atoms with Crippen molar-refractivity contribution in [1.82, 2.24) is 0 Å². The molecule has 2 unspecified atom stereocenters. The normalized spacial score (nSPS) is 15.0. The van der Waals surface area contributed by atoms with Crippen molar-refractivity contribution in [3.63, 3.8) is 0 Å². The number of aryl methyl sites for hydroxylation is 1. The Labute approximate surface area is 220 Å². The molecule has 2 atom stereocenters. The molecule has 39 heavy (non-hydrogen) atoms.